The molecule has 0 bridgehead atoms. The summed E-state index contributed by atoms with van der Waals surface area (Å²) >= 11 is 6.76. The predicted octanol–water partition coefficient (Wildman–Crippen LogP) is 6.30. The Labute approximate surface area is 181 Å². The number of hydrogen-bond acceptors (Lipinski definition) is 4. The van der Waals surface area contributed by atoms with Crippen LogP contribution >= 0.6 is 23.4 Å². The third kappa shape index (κ3) is 4.40. The van der Waals surface area contributed by atoms with E-state index < -0.39 is 5.91 Å². The number of ether oxygens (including phenoxy) is 1. The van der Waals surface area contributed by atoms with E-state index in [-0.39, 0.29) is 17.7 Å². The zero-order valence-electron chi connectivity index (χ0n) is 15.5. The molecule has 2 amide bonds. The highest BCUT2D eigenvalue weighted by Gasteiger charge is 2.36. The number of hydrogen-bond donors (Lipinski definition) is 0. The lowest BCUT2D eigenvalue weighted by Crippen LogP contribution is -2.27. The monoisotopic (exact) mass is 439 g/mol. The molecule has 1 saturated heterocycles. The van der Waals surface area contributed by atoms with Crippen LogP contribution in [0.2, 0.25) is 5.02 Å². The summed E-state index contributed by atoms with van der Waals surface area (Å²) in [6.07, 6.45) is 1.64. The third-order valence-electron chi connectivity index (χ3n) is 4.39. The van der Waals surface area contributed by atoms with Crippen LogP contribution in [0.1, 0.15) is 11.1 Å². The second-order valence-electron chi connectivity index (χ2n) is 6.45. The lowest BCUT2D eigenvalue weighted by Gasteiger charge is -2.12. The molecule has 7 heteroatoms. The number of amides is 2. The average molecular weight is 440 g/mol. The molecule has 0 unspecified atom stereocenters. The highest BCUT2D eigenvalue weighted by atomic mass is 35.5. The van der Waals surface area contributed by atoms with Gasteiger partial charge in [0.15, 0.2) is 0 Å². The van der Waals surface area contributed by atoms with Gasteiger partial charge in [-0.3, -0.25) is 9.59 Å². The largest absolute Gasteiger partial charge is 0.488 e. The fourth-order valence-electron chi connectivity index (χ4n) is 2.89. The molecule has 1 aliphatic rings. The summed E-state index contributed by atoms with van der Waals surface area (Å²) in [5, 5.41) is 0.145. The van der Waals surface area contributed by atoms with Gasteiger partial charge in [0.25, 0.3) is 11.1 Å². The second kappa shape index (κ2) is 8.73. The van der Waals surface area contributed by atoms with Crippen molar-refractivity contribution in [1.82, 2.24) is 0 Å². The average Bonchev–Trinajstić information content (AvgIpc) is 3.02. The summed E-state index contributed by atoms with van der Waals surface area (Å²) in [5.74, 6) is -0.156. The molecule has 3 aromatic carbocycles. The highest BCUT2D eigenvalue weighted by molar-refractivity contribution is 8.19. The number of halogens is 2. The van der Waals surface area contributed by atoms with Crippen LogP contribution in [0.25, 0.3) is 6.08 Å². The molecule has 4 nitrogen and oxygen atoms in total. The van der Waals surface area contributed by atoms with Crippen LogP contribution in [-0.2, 0) is 11.4 Å². The molecular formula is C23H15ClFNO3S. The molecule has 1 heterocycles. The van der Waals surface area contributed by atoms with Crippen molar-refractivity contribution in [2.45, 2.75) is 6.61 Å². The Morgan fingerprint density at radius 3 is 2.40 bits per heavy atom. The number of rotatable bonds is 5. The third-order valence-corrected chi connectivity index (χ3v) is 5.51. The Balaban J connectivity index is 1.56. The van der Waals surface area contributed by atoms with Gasteiger partial charge in [0.1, 0.15) is 18.2 Å². The van der Waals surface area contributed by atoms with E-state index >= 15 is 0 Å². The minimum Gasteiger partial charge on any atom is -0.488 e. The van der Waals surface area contributed by atoms with Gasteiger partial charge in [-0.25, -0.2) is 9.29 Å². The Bertz CT molecular complexity index is 1130. The first-order valence-corrected chi connectivity index (χ1v) is 10.2. The van der Waals surface area contributed by atoms with Crippen molar-refractivity contribution in [3.63, 3.8) is 0 Å². The van der Waals surface area contributed by atoms with Gasteiger partial charge in [-0.15, -0.1) is 0 Å². The van der Waals surface area contributed by atoms with Crippen LogP contribution < -0.4 is 9.64 Å². The van der Waals surface area contributed by atoms with Crippen molar-refractivity contribution in [2.75, 3.05) is 4.90 Å². The van der Waals surface area contributed by atoms with Gasteiger partial charge in [0.2, 0.25) is 0 Å². The summed E-state index contributed by atoms with van der Waals surface area (Å²) < 4.78 is 18.9. The molecule has 0 aliphatic carbocycles. The van der Waals surface area contributed by atoms with Crippen LogP contribution in [0.5, 0.6) is 5.75 Å². The Kier molecular flexibility index (Phi) is 5.88. The fourth-order valence-corrected chi connectivity index (χ4v) is 3.85. The van der Waals surface area contributed by atoms with Gasteiger partial charge >= 0.3 is 0 Å². The standard InChI is InChI=1S/C23H15ClFNO3S/c24-17-7-11-19(12-8-17)26-22(27)21(30-23(26)28)13-16-3-1-2-4-20(16)29-14-15-5-9-18(25)10-6-15/h1-13H,14H2. The van der Waals surface area contributed by atoms with E-state index in [0.717, 1.165) is 22.2 Å². The van der Waals surface area contributed by atoms with Crippen molar-refractivity contribution in [2.24, 2.45) is 0 Å². The molecule has 0 atom stereocenters. The first kappa shape index (κ1) is 20.2. The maximum atomic E-state index is 13.1. The first-order valence-electron chi connectivity index (χ1n) is 9.01. The van der Waals surface area contributed by atoms with E-state index in [4.69, 9.17) is 16.3 Å². The van der Waals surface area contributed by atoms with E-state index in [0.29, 0.717) is 26.9 Å². The lowest BCUT2D eigenvalue weighted by atomic mass is 10.1. The van der Waals surface area contributed by atoms with Crippen LogP contribution in [0.15, 0.2) is 77.7 Å². The van der Waals surface area contributed by atoms with E-state index in [1.807, 2.05) is 12.1 Å². The number of carbonyl (C=O) groups excluding carboxylic acids is 2. The Morgan fingerprint density at radius 2 is 1.67 bits per heavy atom. The lowest BCUT2D eigenvalue weighted by molar-refractivity contribution is -0.113. The summed E-state index contributed by atoms with van der Waals surface area (Å²) in [7, 11) is 0. The predicted molar refractivity (Wildman–Crippen MR) is 117 cm³/mol. The molecule has 0 saturated carbocycles. The normalized spacial score (nSPS) is 15.1. The highest BCUT2D eigenvalue weighted by Crippen LogP contribution is 2.37. The van der Waals surface area contributed by atoms with Crippen molar-refractivity contribution >= 4 is 46.3 Å². The zero-order chi connectivity index (χ0) is 21.1. The number of imide groups is 1. The molecule has 1 aliphatic heterocycles. The number of benzene rings is 3. The van der Waals surface area contributed by atoms with Crippen LogP contribution in [0.4, 0.5) is 14.9 Å². The Hall–Kier alpha value is -3.09. The second-order valence-corrected chi connectivity index (χ2v) is 7.88. The van der Waals surface area contributed by atoms with Gasteiger partial charge in [-0.2, -0.15) is 0 Å². The van der Waals surface area contributed by atoms with Gasteiger partial charge in [0, 0.05) is 10.6 Å². The number of nitrogens with zero attached hydrogens (tertiary/aromatic N) is 1. The molecule has 3 aromatic rings. The van der Waals surface area contributed by atoms with E-state index in [1.54, 1.807) is 54.6 Å². The SMILES string of the molecule is O=C1SC(=Cc2ccccc2OCc2ccc(F)cc2)C(=O)N1c1ccc(Cl)cc1. The van der Waals surface area contributed by atoms with Crippen molar-refractivity contribution < 1.29 is 18.7 Å². The number of para-hydroxylation sites is 1. The van der Waals surface area contributed by atoms with Gasteiger partial charge in [-0.1, -0.05) is 41.9 Å². The van der Waals surface area contributed by atoms with Gasteiger partial charge < -0.3 is 4.74 Å². The molecule has 1 fully saturated rings. The minimum absolute atomic E-state index is 0.247. The number of thioether (sulfide) groups is 1. The zero-order valence-corrected chi connectivity index (χ0v) is 17.1. The van der Waals surface area contributed by atoms with Crippen LogP contribution in [-0.4, -0.2) is 11.1 Å². The van der Waals surface area contributed by atoms with Gasteiger partial charge in [-0.05, 0) is 65.9 Å². The molecule has 4 rings (SSSR count). The molecule has 0 aromatic heterocycles. The minimum atomic E-state index is -0.402. The molecule has 150 valence electrons. The fraction of sp³-hybridized carbons (Fsp3) is 0.0435. The molecule has 30 heavy (non-hydrogen) atoms. The maximum Gasteiger partial charge on any atom is 0.298 e. The maximum absolute atomic E-state index is 13.1. The molecule has 0 N–H and O–H groups in total. The van der Waals surface area contributed by atoms with Crippen molar-refractivity contribution in [1.29, 1.82) is 0 Å². The summed E-state index contributed by atoms with van der Waals surface area (Å²) in [6, 6.07) is 19.8. The number of anilines is 1. The van der Waals surface area contributed by atoms with Crippen molar-refractivity contribution in [3.05, 3.63) is 99.7 Å². The van der Waals surface area contributed by atoms with Gasteiger partial charge in [0.05, 0.1) is 10.6 Å². The van der Waals surface area contributed by atoms with Crippen molar-refractivity contribution in [3.8, 4) is 5.75 Å². The topological polar surface area (TPSA) is 46.6 Å². The Morgan fingerprint density at radius 1 is 0.967 bits per heavy atom. The number of carbonyl (C=O) groups is 2. The molecule has 0 radical (unpaired) electrons. The van der Waals surface area contributed by atoms with E-state index in [9.17, 15) is 14.0 Å². The van der Waals surface area contributed by atoms with Crippen LogP contribution in [0, 0.1) is 5.82 Å². The van der Waals surface area contributed by atoms with E-state index in [2.05, 4.69) is 0 Å². The first-order chi connectivity index (χ1) is 14.5. The van der Waals surface area contributed by atoms with E-state index in [1.165, 1.54) is 12.1 Å². The summed E-state index contributed by atoms with van der Waals surface area (Å²) in [4.78, 5) is 26.7. The summed E-state index contributed by atoms with van der Waals surface area (Å²) in [5.41, 5.74) is 1.95. The summed E-state index contributed by atoms with van der Waals surface area (Å²) in [6.45, 7) is 0.247. The van der Waals surface area contributed by atoms with Crippen LogP contribution in [0.3, 0.4) is 0 Å². The molecular weight excluding hydrogens is 425 g/mol. The quantitative estimate of drug-likeness (QED) is 0.438. The smallest absolute Gasteiger partial charge is 0.298 e. The molecule has 0 spiro atoms.